The van der Waals surface area contributed by atoms with Crippen LogP contribution in [0, 0.1) is 0 Å². The second kappa shape index (κ2) is 7.17. The van der Waals surface area contributed by atoms with Gasteiger partial charge < -0.3 is 30.4 Å². The lowest BCUT2D eigenvalue weighted by molar-refractivity contribution is -0.0804. The highest BCUT2D eigenvalue weighted by molar-refractivity contribution is 5.88. The highest BCUT2D eigenvalue weighted by Gasteiger charge is 2.35. The third kappa shape index (κ3) is 3.02. The third-order valence-electron chi connectivity index (χ3n) is 5.19. The molecule has 6 nitrogen and oxygen atoms in total. The van der Waals surface area contributed by atoms with Gasteiger partial charge in [-0.2, -0.15) is 0 Å². The SMILES string of the molecule is OC[C@H](O)[C@@H](O)[C@H](O)C(c1c[nH]c2ccccc12)c1c[nH]c2ccccc12. The smallest absolute Gasteiger partial charge is 0.109 e. The average Bonchev–Trinajstić information content (AvgIpc) is 3.32. The van der Waals surface area contributed by atoms with Crippen molar-refractivity contribution < 1.29 is 20.4 Å². The number of hydrogen-bond acceptors (Lipinski definition) is 4. The molecule has 0 unspecified atom stereocenters. The summed E-state index contributed by atoms with van der Waals surface area (Å²) >= 11 is 0. The molecule has 0 saturated heterocycles. The fraction of sp³-hybridized carbons (Fsp3) is 0.238. The van der Waals surface area contributed by atoms with Gasteiger partial charge in [-0.15, -0.1) is 0 Å². The number of aliphatic hydroxyl groups excluding tert-OH is 4. The van der Waals surface area contributed by atoms with E-state index in [1.54, 1.807) is 0 Å². The normalized spacial score (nSPS) is 15.4. The van der Waals surface area contributed by atoms with Crippen LogP contribution in [0.25, 0.3) is 21.8 Å². The predicted molar refractivity (Wildman–Crippen MR) is 104 cm³/mol. The molecule has 4 rings (SSSR count). The van der Waals surface area contributed by atoms with Gasteiger partial charge in [0, 0.05) is 40.1 Å². The largest absolute Gasteiger partial charge is 0.394 e. The zero-order valence-electron chi connectivity index (χ0n) is 14.6. The van der Waals surface area contributed by atoms with Crippen molar-refractivity contribution in [3.8, 4) is 0 Å². The highest BCUT2D eigenvalue weighted by Crippen LogP contribution is 2.38. The number of aromatic nitrogens is 2. The fourth-order valence-electron chi connectivity index (χ4n) is 3.77. The van der Waals surface area contributed by atoms with Crippen molar-refractivity contribution in [3.63, 3.8) is 0 Å². The number of benzene rings is 2. The van der Waals surface area contributed by atoms with E-state index in [9.17, 15) is 20.4 Å². The molecule has 0 aliphatic rings. The summed E-state index contributed by atoms with van der Waals surface area (Å²) in [4.78, 5) is 6.40. The van der Waals surface area contributed by atoms with Gasteiger partial charge in [-0.05, 0) is 23.3 Å². The number of aliphatic hydroxyl groups is 4. The van der Waals surface area contributed by atoms with Gasteiger partial charge in [-0.25, -0.2) is 0 Å². The standard InChI is InChI=1S/C21H22N2O4/c24-11-18(25)20(26)21(27)19(14-9-22-16-7-3-1-5-12(14)16)15-10-23-17-8-4-2-6-13(15)17/h1-10,18-27H,11H2/t18-,20+,21+/m0/s1. The van der Waals surface area contributed by atoms with Crippen LogP contribution in [0.5, 0.6) is 0 Å². The Balaban J connectivity index is 1.90. The molecule has 0 aliphatic carbocycles. The molecular formula is C21H22N2O4. The van der Waals surface area contributed by atoms with E-state index in [0.29, 0.717) is 0 Å². The molecule has 2 heterocycles. The van der Waals surface area contributed by atoms with E-state index in [1.165, 1.54) is 0 Å². The number of fused-ring (bicyclic) bond motifs is 2. The van der Waals surface area contributed by atoms with Crippen LogP contribution >= 0.6 is 0 Å². The van der Waals surface area contributed by atoms with Crippen molar-refractivity contribution in [2.24, 2.45) is 0 Å². The maximum atomic E-state index is 11.0. The van der Waals surface area contributed by atoms with Gasteiger partial charge in [-0.3, -0.25) is 0 Å². The molecule has 2 aromatic heterocycles. The molecule has 4 aromatic rings. The molecule has 140 valence electrons. The van der Waals surface area contributed by atoms with Crippen LogP contribution in [0.15, 0.2) is 60.9 Å². The van der Waals surface area contributed by atoms with Gasteiger partial charge in [0.15, 0.2) is 0 Å². The molecule has 2 aromatic carbocycles. The summed E-state index contributed by atoms with van der Waals surface area (Å²) in [5.41, 5.74) is 3.46. The number of nitrogens with one attached hydrogen (secondary N) is 2. The molecule has 3 atom stereocenters. The molecule has 0 bridgehead atoms. The van der Waals surface area contributed by atoms with E-state index in [1.807, 2.05) is 60.9 Å². The Morgan fingerprint density at radius 2 is 1.19 bits per heavy atom. The maximum absolute atomic E-state index is 11.0. The first-order valence-corrected chi connectivity index (χ1v) is 8.89. The Bertz CT molecular complexity index is 980. The molecule has 0 saturated carbocycles. The summed E-state index contributed by atoms with van der Waals surface area (Å²) in [6.07, 6.45) is -0.609. The minimum Gasteiger partial charge on any atom is -0.394 e. The zero-order chi connectivity index (χ0) is 19.0. The van der Waals surface area contributed by atoms with Crippen LogP contribution in [-0.2, 0) is 0 Å². The first-order chi connectivity index (χ1) is 13.1. The molecular weight excluding hydrogens is 344 g/mol. The van der Waals surface area contributed by atoms with E-state index in [4.69, 9.17) is 0 Å². The average molecular weight is 366 g/mol. The fourth-order valence-corrected chi connectivity index (χ4v) is 3.77. The Morgan fingerprint density at radius 3 is 1.67 bits per heavy atom. The molecule has 0 amide bonds. The number of aromatic amines is 2. The van der Waals surface area contributed by atoms with Crippen LogP contribution in [-0.4, -0.2) is 55.3 Å². The van der Waals surface area contributed by atoms with Crippen LogP contribution in [0.3, 0.4) is 0 Å². The van der Waals surface area contributed by atoms with Crippen LogP contribution in [0.1, 0.15) is 17.0 Å². The Hall–Kier alpha value is -2.64. The number of H-pyrrole nitrogens is 2. The molecule has 0 fully saturated rings. The minimum absolute atomic E-state index is 0.603. The van der Waals surface area contributed by atoms with E-state index in [-0.39, 0.29) is 0 Å². The van der Waals surface area contributed by atoms with Crippen molar-refractivity contribution in [3.05, 3.63) is 72.1 Å². The van der Waals surface area contributed by atoms with E-state index in [0.717, 1.165) is 32.9 Å². The molecule has 6 heteroatoms. The minimum atomic E-state index is -1.50. The first-order valence-electron chi connectivity index (χ1n) is 8.89. The zero-order valence-corrected chi connectivity index (χ0v) is 14.6. The molecule has 6 N–H and O–H groups in total. The Morgan fingerprint density at radius 1 is 0.704 bits per heavy atom. The highest BCUT2D eigenvalue weighted by atomic mass is 16.4. The maximum Gasteiger partial charge on any atom is 0.109 e. The quantitative estimate of drug-likeness (QED) is 0.313. The summed E-state index contributed by atoms with van der Waals surface area (Å²) in [6, 6.07) is 15.4. The van der Waals surface area contributed by atoms with Gasteiger partial charge in [0.05, 0.1) is 12.7 Å². The van der Waals surface area contributed by atoms with Gasteiger partial charge in [-0.1, -0.05) is 36.4 Å². The molecule has 0 aliphatic heterocycles. The van der Waals surface area contributed by atoms with Crippen molar-refractivity contribution in [1.29, 1.82) is 0 Å². The second-order valence-electron chi connectivity index (χ2n) is 6.79. The Kier molecular flexibility index (Phi) is 4.72. The monoisotopic (exact) mass is 366 g/mol. The lowest BCUT2D eigenvalue weighted by Crippen LogP contribution is -2.42. The molecule has 27 heavy (non-hydrogen) atoms. The molecule has 0 spiro atoms. The first kappa shape index (κ1) is 17.8. The number of para-hydroxylation sites is 2. The van der Waals surface area contributed by atoms with Crippen molar-refractivity contribution >= 4 is 21.8 Å². The number of rotatable bonds is 6. The van der Waals surface area contributed by atoms with Crippen LogP contribution in [0.4, 0.5) is 0 Å². The van der Waals surface area contributed by atoms with Crippen LogP contribution < -0.4 is 0 Å². The third-order valence-corrected chi connectivity index (χ3v) is 5.19. The van der Waals surface area contributed by atoms with Gasteiger partial charge in [0.25, 0.3) is 0 Å². The molecule has 0 radical (unpaired) electrons. The lowest BCUT2D eigenvalue weighted by atomic mass is 9.83. The van der Waals surface area contributed by atoms with Crippen molar-refractivity contribution in [2.45, 2.75) is 24.2 Å². The van der Waals surface area contributed by atoms with Crippen molar-refractivity contribution in [1.82, 2.24) is 9.97 Å². The van der Waals surface area contributed by atoms with Crippen molar-refractivity contribution in [2.75, 3.05) is 6.61 Å². The second-order valence-corrected chi connectivity index (χ2v) is 6.79. The van der Waals surface area contributed by atoms with Gasteiger partial charge in [0.1, 0.15) is 12.2 Å². The summed E-state index contributed by atoms with van der Waals surface area (Å²) in [5.74, 6) is -0.603. The summed E-state index contributed by atoms with van der Waals surface area (Å²) < 4.78 is 0. The van der Waals surface area contributed by atoms with E-state index in [2.05, 4.69) is 9.97 Å². The van der Waals surface area contributed by atoms with E-state index < -0.39 is 30.8 Å². The van der Waals surface area contributed by atoms with Crippen LogP contribution in [0.2, 0.25) is 0 Å². The topological polar surface area (TPSA) is 112 Å². The number of hydrogen-bond donors (Lipinski definition) is 6. The summed E-state index contributed by atoms with van der Waals surface area (Å²) in [7, 11) is 0. The van der Waals surface area contributed by atoms with Gasteiger partial charge in [0.2, 0.25) is 0 Å². The predicted octanol–water partition coefficient (Wildman–Crippen LogP) is 1.86. The van der Waals surface area contributed by atoms with E-state index >= 15 is 0 Å². The lowest BCUT2D eigenvalue weighted by Gasteiger charge is -2.29. The Labute approximate surface area is 155 Å². The summed E-state index contributed by atoms with van der Waals surface area (Å²) in [6.45, 7) is -0.632. The summed E-state index contributed by atoms with van der Waals surface area (Å²) in [5, 5.41) is 42.4. The van der Waals surface area contributed by atoms with Gasteiger partial charge >= 0.3 is 0 Å².